The minimum absolute atomic E-state index is 0.0221. The van der Waals surface area contributed by atoms with Crippen LogP contribution in [0.1, 0.15) is 18.1 Å². The molecule has 1 aromatic heterocycles. The highest BCUT2D eigenvalue weighted by molar-refractivity contribution is 7.71. The summed E-state index contributed by atoms with van der Waals surface area (Å²) in [5, 5.41) is 19.3. The number of anilines is 1. The second-order valence-corrected chi connectivity index (χ2v) is 5.05. The molecule has 2 aromatic rings. The first-order valence-corrected chi connectivity index (χ1v) is 7.28. The first-order chi connectivity index (χ1) is 11.0. The monoisotopic (exact) mass is 328 g/mol. The smallest absolute Gasteiger partial charge is 0.161 e. The van der Waals surface area contributed by atoms with E-state index in [2.05, 4.69) is 16.0 Å². The third kappa shape index (κ3) is 3.17. The number of aliphatic imine (C=N–C) groups is 1. The Balaban J connectivity index is 2.84. The summed E-state index contributed by atoms with van der Waals surface area (Å²) in [5.74, 6) is 0.534. The SMILES string of the molecule is CCOc1cc(-c2c(C#N)c(N)[nH]c(=S)c2C=NC)ccc1O. The fraction of sp³-hybridized carbons (Fsp3) is 0.188. The van der Waals surface area contributed by atoms with Crippen molar-refractivity contribution in [1.29, 1.82) is 5.26 Å². The highest BCUT2D eigenvalue weighted by Gasteiger charge is 2.17. The van der Waals surface area contributed by atoms with Crippen LogP contribution in [0.4, 0.5) is 5.82 Å². The lowest BCUT2D eigenvalue weighted by atomic mass is 9.96. The summed E-state index contributed by atoms with van der Waals surface area (Å²) in [7, 11) is 1.61. The van der Waals surface area contributed by atoms with E-state index in [1.165, 1.54) is 6.07 Å². The zero-order chi connectivity index (χ0) is 17.0. The van der Waals surface area contributed by atoms with Gasteiger partial charge in [0, 0.05) is 24.4 Å². The molecule has 0 radical (unpaired) electrons. The van der Waals surface area contributed by atoms with E-state index >= 15 is 0 Å². The fourth-order valence-corrected chi connectivity index (χ4v) is 2.51. The van der Waals surface area contributed by atoms with Crippen LogP contribution >= 0.6 is 12.2 Å². The molecule has 2 rings (SSSR count). The van der Waals surface area contributed by atoms with E-state index in [0.29, 0.717) is 33.7 Å². The average molecular weight is 328 g/mol. The molecule has 7 heteroatoms. The number of ether oxygens (including phenoxy) is 1. The molecule has 0 spiro atoms. The molecule has 0 aliphatic heterocycles. The van der Waals surface area contributed by atoms with Crippen molar-refractivity contribution >= 4 is 24.3 Å². The molecule has 1 heterocycles. The molecule has 0 atom stereocenters. The second kappa shape index (κ2) is 6.94. The lowest BCUT2D eigenvalue weighted by Gasteiger charge is -2.13. The number of nitrogen functional groups attached to an aromatic ring is 1. The van der Waals surface area contributed by atoms with E-state index < -0.39 is 0 Å². The van der Waals surface area contributed by atoms with E-state index in [1.54, 1.807) is 25.4 Å². The molecule has 0 amide bonds. The number of nitrogens with two attached hydrogens (primary N) is 1. The molecule has 23 heavy (non-hydrogen) atoms. The Bertz CT molecular complexity index is 866. The predicted molar refractivity (Wildman–Crippen MR) is 92.5 cm³/mol. The molecule has 1 aromatic carbocycles. The van der Waals surface area contributed by atoms with Crippen molar-refractivity contribution in [3.8, 4) is 28.7 Å². The number of phenolic OH excluding ortho intramolecular Hbond substituents is 1. The predicted octanol–water partition coefficient (Wildman–Crippen LogP) is 3.02. The highest BCUT2D eigenvalue weighted by Crippen LogP contribution is 2.36. The molecular weight excluding hydrogens is 312 g/mol. The number of aromatic amines is 1. The van der Waals surface area contributed by atoms with Gasteiger partial charge in [-0.1, -0.05) is 18.3 Å². The Morgan fingerprint density at radius 2 is 2.26 bits per heavy atom. The fourth-order valence-electron chi connectivity index (χ4n) is 2.24. The van der Waals surface area contributed by atoms with Crippen molar-refractivity contribution in [2.24, 2.45) is 4.99 Å². The second-order valence-electron chi connectivity index (χ2n) is 4.65. The van der Waals surface area contributed by atoms with Gasteiger partial charge in [-0.3, -0.25) is 4.99 Å². The molecule has 118 valence electrons. The first kappa shape index (κ1) is 16.5. The summed E-state index contributed by atoms with van der Waals surface area (Å²) in [4.78, 5) is 6.79. The van der Waals surface area contributed by atoms with Gasteiger partial charge in [-0.25, -0.2) is 0 Å². The van der Waals surface area contributed by atoms with Gasteiger partial charge in [-0.2, -0.15) is 5.26 Å². The summed E-state index contributed by atoms with van der Waals surface area (Å²) in [6, 6.07) is 6.92. The lowest BCUT2D eigenvalue weighted by molar-refractivity contribution is 0.318. The molecule has 0 unspecified atom stereocenters. The molecule has 0 saturated heterocycles. The third-order valence-corrected chi connectivity index (χ3v) is 3.52. The van der Waals surface area contributed by atoms with Gasteiger partial charge in [0.2, 0.25) is 0 Å². The summed E-state index contributed by atoms with van der Waals surface area (Å²) < 4.78 is 5.78. The van der Waals surface area contributed by atoms with Gasteiger partial charge < -0.3 is 20.6 Å². The number of hydrogen-bond acceptors (Lipinski definition) is 6. The van der Waals surface area contributed by atoms with Crippen LogP contribution in [0, 0.1) is 16.0 Å². The maximum Gasteiger partial charge on any atom is 0.161 e. The van der Waals surface area contributed by atoms with Crippen LogP contribution in [-0.2, 0) is 0 Å². The normalized spacial score (nSPS) is 10.7. The van der Waals surface area contributed by atoms with Crippen LogP contribution in [0.2, 0.25) is 0 Å². The Labute approximate surface area is 138 Å². The summed E-state index contributed by atoms with van der Waals surface area (Å²) in [5.41, 5.74) is 7.95. The van der Waals surface area contributed by atoms with Crippen molar-refractivity contribution in [3.63, 3.8) is 0 Å². The Hall–Kier alpha value is -2.85. The summed E-state index contributed by atoms with van der Waals surface area (Å²) in [6.07, 6.45) is 1.57. The first-order valence-electron chi connectivity index (χ1n) is 6.87. The lowest BCUT2D eigenvalue weighted by Crippen LogP contribution is -2.03. The van der Waals surface area contributed by atoms with Crippen LogP contribution in [0.15, 0.2) is 23.2 Å². The topological polar surface area (TPSA) is 107 Å². The van der Waals surface area contributed by atoms with Gasteiger partial charge in [0.15, 0.2) is 11.5 Å². The molecule has 0 aliphatic rings. The largest absolute Gasteiger partial charge is 0.504 e. The molecule has 0 saturated carbocycles. The quantitative estimate of drug-likeness (QED) is 0.590. The number of nitriles is 1. The number of aromatic hydroxyl groups is 1. The summed E-state index contributed by atoms with van der Waals surface area (Å²) >= 11 is 5.29. The number of pyridine rings is 1. The molecule has 0 bridgehead atoms. The van der Waals surface area contributed by atoms with Crippen molar-refractivity contribution in [2.45, 2.75) is 6.92 Å². The Morgan fingerprint density at radius 1 is 1.52 bits per heavy atom. The number of phenols is 1. The zero-order valence-electron chi connectivity index (χ0n) is 12.8. The number of nitrogens with one attached hydrogen (secondary N) is 1. The van der Waals surface area contributed by atoms with Gasteiger partial charge in [-0.05, 0) is 24.6 Å². The number of hydrogen-bond donors (Lipinski definition) is 3. The van der Waals surface area contributed by atoms with E-state index in [9.17, 15) is 10.4 Å². The van der Waals surface area contributed by atoms with Crippen LogP contribution in [0.5, 0.6) is 11.5 Å². The van der Waals surface area contributed by atoms with Crippen LogP contribution in [0.3, 0.4) is 0 Å². The minimum atomic E-state index is 0.0221. The standard InChI is InChI=1S/C16H16N4O2S/c1-3-22-13-6-9(4-5-12(13)21)14-10(7-17)15(18)20-16(23)11(14)8-19-2/h4-6,8,21H,3H2,1-2H3,(H3,18,20,23). The van der Waals surface area contributed by atoms with Gasteiger partial charge in [0.1, 0.15) is 22.1 Å². The summed E-state index contributed by atoms with van der Waals surface area (Å²) in [6.45, 7) is 2.22. The van der Waals surface area contributed by atoms with E-state index in [4.69, 9.17) is 22.7 Å². The van der Waals surface area contributed by atoms with E-state index in [1.807, 2.05) is 6.92 Å². The van der Waals surface area contributed by atoms with Gasteiger partial charge in [0.25, 0.3) is 0 Å². The molecule has 0 aliphatic carbocycles. The van der Waals surface area contributed by atoms with Crippen LogP contribution < -0.4 is 10.5 Å². The van der Waals surface area contributed by atoms with Gasteiger partial charge in [0.05, 0.1) is 6.61 Å². The van der Waals surface area contributed by atoms with E-state index in [-0.39, 0.29) is 17.1 Å². The van der Waals surface area contributed by atoms with Crippen molar-refractivity contribution in [2.75, 3.05) is 19.4 Å². The van der Waals surface area contributed by atoms with Crippen LogP contribution in [0.25, 0.3) is 11.1 Å². The van der Waals surface area contributed by atoms with Crippen molar-refractivity contribution < 1.29 is 9.84 Å². The molecule has 0 fully saturated rings. The maximum absolute atomic E-state index is 9.85. The molecular formula is C16H16N4O2S. The number of benzene rings is 1. The highest BCUT2D eigenvalue weighted by atomic mass is 32.1. The number of rotatable bonds is 4. The van der Waals surface area contributed by atoms with Gasteiger partial charge >= 0.3 is 0 Å². The van der Waals surface area contributed by atoms with Crippen LogP contribution in [-0.4, -0.2) is 30.0 Å². The number of H-pyrrole nitrogens is 1. The molecule has 4 N–H and O–H groups in total. The van der Waals surface area contributed by atoms with Crippen molar-refractivity contribution in [3.05, 3.63) is 34.0 Å². The Morgan fingerprint density at radius 3 is 2.87 bits per heavy atom. The van der Waals surface area contributed by atoms with Crippen molar-refractivity contribution in [1.82, 2.24) is 4.98 Å². The third-order valence-electron chi connectivity index (χ3n) is 3.20. The molecule has 6 nitrogen and oxygen atoms in total. The van der Waals surface area contributed by atoms with E-state index in [0.717, 1.165) is 0 Å². The average Bonchev–Trinajstić information content (AvgIpc) is 2.52. The minimum Gasteiger partial charge on any atom is -0.504 e. The van der Waals surface area contributed by atoms with Gasteiger partial charge in [-0.15, -0.1) is 0 Å². The number of nitrogens with zero attached hydrogens (tertiary/aromatic N) is 2. The Kier molecular flexibility index (Phi) is 4.98. The number of aromatic nitrogens is 1. The maximum atomic E-state index is 9.85. The zero-order valence-corrected chi connectivity index (χ0v) is 13.6.